The van der Waals surface area contributed by atoms with Gasteiger partial charge in [0.05, 0.1) is 9.82 Å². The Morgan fingerprint density at radius 1 is 1.19 bits per heavy atom. The van der Waals surface area contributed by atoms with Crippen molar-refractivity contribution >= 4 is 21.6 Å². The Morgan fingerprint density at radius 3 is 2.48 bits per heavy atom. The lowest BCUT2D eigenvalue weighted by Gasteiger charge is -2.33. The first-order chi connectivity index (χ1) is 12.8. The van der Waals surface area contributed by atoms with Crippen molar-refractivity contribution in [2.45, 2.75) is 18.2 Å². The van der Waals surface area contributed by atoms with Crippen molar-refractivity contribution in [1.29, 1.82) is 0 Å². The standard InChI is InChI=1S/C17H19N3O6S/c1-2-14-6-7-16(26-14)17(21)18-8-10-19(11-9-18)27(24,25)15-5-3-4-13(12-15)20(22)23/h3-7,12H,2,8-11H2,1H3. The SMILES string of the molecule is CCc1ccc(C(=O)N2CCN(S(=O)(=O)c3cccc([N+](=O)[O-])c3)CC2)o1. The van der Waals surface area contributed by atoms with Crippen LogP contribution in [0.1, 0.15) is 23.2 Å². The number of sulfonamides is 1. The molecule has 0 atom stereocenters. The van der Waals surface area contributed by atoms with Crippen molar-refractivity contribution in [2.75, 3.05) is 26.2 Å². The predicted molar refractivity (Wildman–Crippen MR) is 95.8 cm³/mol. The number of aryl methyl sites for hydroxylation is 1. The van der Waals surface area contributed by atoms with Gasteiger partial charge < -0.3 is 9.32 Å². The van der Waals surface area contributed by atoms with Crippen LogP contribution < -0.4 is 0 Å². The molecule has 0 unspecified atom stereocenters. The molecule has 1 fully saturated rings. The van der Waals surface area contributed by atoms with E-state index < -0.39 is 14.9 Å². The van der Waals surface area contributed by atoms with E-state index in [0.717, 1.165) is 6.07 Å². The molecular formula is C17H19N3O6S. The topological polar surface area (TPSA) is 114 Å². The number of furan rings is 1. The van der Waals surface area contributed by atoms with Gasteiger partial charge in [0.1, 0.15) is 5.76 Å². The van der Waals surface area contributed by atoms with Crippen LogP contribution in [0.25, 0.3) is 0 Å². The molecule has 0 radical (unpaired) electrons. The lowest BCUT2D eigenvalue weighted by atomic mass is 10.3. The number of nitrogens with zero attached hydrogens (tertiary/aromatic N) is 3. The molecule has 2 aromatic rings. The highest BCUT2D eigenvalue weighted by atomic mass is 32.2. The number of nitro groups is 1. The number of piperazine rings is 1. The number of hydrogen-bond donors (Lipinski definition) is 0. The molecule has 144 valence electrons. The number of benzene rings is 1. The zero-order chi connectivity index (χ0) is 19.6. The highest BCUT2D eigenvalue weighted by Gasteiger charge is 2.32. The van der Waals surface area contributed by atoms with E-state index in [2.05, 4.69) is 0 Å². The van der Waals surface area contributed by atoms with Crippen LogP contribution in [0, 0.1) is 10.1 Å². The van der Waals surface area contributed by atoms with Gasteiger partial charge in [-0.1, -0.05) is 13.0 Å². The number of non-ortho nitro benzene ring substituents is 1. The van der Waals surface area contributed by atoms with Crippen LogP contribution in [0.4, 0.5) is 5.69 Å². The number of carbonyl (C=O) groups excluding carboxylic acids is 1. The summed E-state index contributed by atoms with van der Waals surface area (Å²) in [4.78, 5) is 24.1. The summed E-state index contributed by atoms with van der Waals surface area (Å²) in [6.07, 6.45) is 0.683. The lowest BCUT2D eigenvalue weighted by molar-refractivity contribution is -0.385. The van der Waals surface area contributed by atoms with Gasteiger partial charge in [-0.15, -0.1) is 0 Å². The first kappa shape index (κ1) is 19.1. The number of hydrogen-bond acceptors (Lipinski definition) is 6. The molecule has 1 aromatic carbocycles. The summed E-state index contributed by atoms with van der Waals surface area (Å²) < 4.78 is 32.2. The molecule has 0 spiro atoms. The molecular weight excluding hydrogens is 374 g/mol. The Labute approximate surface area is 156 Å². The van der Waals surface area contributed by atoms with E-state index >= 15 is 0 Å². The Bertz CT molecular complexity index is 961. The molecule has 0 N–H and O–H groups in total. The third kappa shape index (κ3) is 3.86. The van der Waals surface area contributed by atoms with Crippen LogP contribution >= 0.6 is 0 Å². The smallest absolute Gasteiger partial charge is 0.289 e. The first-order valence-electron chi connectivity index (χ1n) is 8.45. The van der Waals surface area contributed by atoms with E-state index in [0.29, 0.717) is 12.2 Å². The van der Waals surface area contributed by atoms with E-state index in [9.17, 15) is 23.3 Å². The fourth-order valence-corrected chi connectivity index (χ4v) is 4.34. The minimum absolute atomic E-state index is 0.109. The van der Waals surface area contributed by atoms with Crippen LogP contribution in [-0.2, 0) is 16.4 Å². The Kier molecular flexibility index (Phi) is 5.29. The van der Waals surface area contributed by atoms with Gasteiger partial charge in [0.2, 0.25) is 10.0 Å². The van der Waals surface area contributed by atoms with Crippen molar-refractivity contribution in [3.05, 3.63) is 58.0 Å². The van der Waals surface area contributed by atoms with Crippen molar-refractivity contribution in [2.24, 2.45) is 0 Å². The van der Waals surface area contributed by atoms with Gasteiger partial charge in [-0.2, -0.15) is 4.31 Å². The Morgan fingerprint density at radius 2 is 1.89 bits per heavy atom. The number of rotatable bonds is 5. The highest BCUT2D eigenvalue weighted by molar-refractivity contribution is 7.89. The molecule has 1 aromatic heterocycles. The van der Waals surface area contributed by atoms with E-state index in [1.54, 1.807) is 12.1 Å². The van der Waals surface area contributed by atoms with E-state index in [-0.39, 0.29) is 48.4 Å². The van der Waals surface area contributed by atoms with E-state index in [1.165, 1.54) is 27.4 Å². The predicted octanol–water partition coefficient (Wildman–Crippen LogP) is 1.90. The van der Waals surface area contributed by atoms with Crippen molar-refractivity contribution in [3.63, 3.8) is 0 Å². The van der Waals surface area contributed by atoms with E-state index in [4.69, 9.17) is 4.42 Å². The minimum Gasteiger partial charge on any atom is -0.456 e. The van der Waals surface area contributed by atoms with Crippen LogP contribution in [0.5, 0.6) is 0 Å². The second-order valence-corrected chi connectivity index (χ2v) is 8.01. The van der Waals surface area contributed by atoms with Crippen LogP contribution in [0.2, 0.25) is 0 Å². The van der Waals surface area contributed by atoms with Crippen molar-refractivity contribution < 1.29 is 22.6 Å². The summed E-state index contributed by atoms with van der Waals surface area (Å²) >= 11 is 0. The Hall–Kier alpha value is -2.72. The number of nitro benzene ring substituents is 1. The molecule has 27 heavy (non-hydrogen) atoms. The van der Waals surface area contributed by atoms with Gasteiger partial charge >= 0.3 is 0 Å². The van der Waals surface area contributed by atoms with E-state index in [1.807, 2.05) is 6.92 Å². The summed E-state index contributed by atoms with van der Waals surface area (Å²) in [6, 6.07) is 8.32. The second-order valence-electron chi connectivity index (χ2n) is 6.07. The largest absolute Gasteiger partial charge is 0.456 e. The molecule has 2 heterocycles. The maximum Gasteiger partial charge on any atom is 0.289 e. The summed E-state index contributed by atoms with van der Waals surface area (Å²) in [7, 11) is -3.86. The summed E-state index contributed by atoms with van der Waals surface area (Å²) in [5.74, 6) is 0.675. The third-order valence-corrected chi connectivity index (χ3v) is 6.31. The zero-order valence-corrected chi connectivity index (χ0v) is 15.5. The summed E-state index contributed by atoms with van der Waals surface area (Å²) in [5, 5.41) is 10.9. The molecule has 3 rings (SSSR count). The maximum atomic E-state index is 12.7. The average Bonchev–Trinajstić information content (AvgIpc) is 3.17. The van der Waals surface area contributed by atoms with Gasteiger partial charge in [0.25, 0.3) is 11.6 Å². The quantitative estimate of drug-likeness (QED) is 0.566. The maximum absolute atomic E-state index is 12.7. The third-order valence-electron chi connectivity index (χ3n) is 4.41. The normalized spacial score (nSPS) is 15.7. The molecule has 1 saturated heterocycles. The van der Waals surface area contributed by atoms with Gasteiger partial charge in [0, 0.05) is 44.7 Å². The van der Waals surface area contributed by atoms with Gasteiger partial charge in [-0.3, -0.25) is 14.9 Å². The minimum atomic E-state index is -3.86. The molecule has 0 bridgehead atoms. The lowest BCUT2D eigenvalue weighted by Crippen LogP contribution is -2.50. The Balaban J connectivity index is 1.70. The fraction of sp³-hybridized carbons (Fsp3) is 0.353. The molecule has 1 amide bonds. The van der Waals surface area contributed by atoms with Gasteiger partial charge in [-0.25, -0.2) is 8.42 Å². The van der Waals surface area contributed by atoms with Gasteiger partial charge in [0.15, 0.2) is 5.76 Å². The monoisotopic (exact) mass is 393 g/mol. The molecule has 9 nitrogen and oxygen atoms in total. The summed E-state index contributed by atoms with van der Waals surface area (Å²) in [6.45, 7) is 2.57. The van der Waals surface area contributed by atoms with Crippen LogP contribution in [-0.4, -0.2) is 54.6 Å². The average molecular weight is 393 g/mol. The molecule has 0 saturated carbocycles. The van der Waals surface area contributed by atoms with Crippen LogP contribution in [0.3, 0.4) is 0 Å². The zero-order valence-electron chi connectivity index (χ0n) is 14.7. The van der Waals surface area contributed by atoms with Crippen molar-refractivity contribution in [1.82, 2.24) is 9.21 Å². The second kappa shape index (κ2) is 7.49. The van der Waals surface area contributed by atoms with Gasteiger partial charge in [-0.05, 0) is 18.2 Å². The number of amides is 1. The molecule has 10 heteroatoms. The number of carbonyl (C=O) groups is 1. The molecule has 0 aliphatic carbocycles. The fourth-order valence-electron chi connectivity index (χ4n) is 2.88. The highest BCUT2D eigenvalue weighted by Crippen LogP contribution is 2.22. The van der Waals surface area contributed by atoms with Crippen LogP contribution in [0.15, 0.2) is 45.7 Å². The molecule has 1 aliphatic rings. The molecule has 1 aliphatic heterocycles. The van der Waals surface area contributed by atoms with Crippen molar-refractivity contribution in [3.8, 4) is 0 Å². The first-order valence-corrected chi connectivity index (χ1v) is 9.89. The summed E-state index contributed by atoms with van der Waals surface area (Å²) in [5.41, 5.74) is -0.283.